The van der Waals surface area contributed by atoms with Crippen molar-refractivity contribution in [2.75, 3.05) is 5.73 Å². The van der Waals surface area contributed by atoms with Crippen LogP contribution in [0, 0.1) is 27.7 Å². The van der Waals surface area contributed by atoms with E-state index < -0.39 is 0 Å². The van der Waals surface area contributed by atoms with Crippen molar-refractivity contribution in [3.8, 4) is 11.4 Å². The van der Waals surface area contributed by atoms with Gasteiger partial charge in [-0.15, -0.1) is 0 Å². The third kappa shape index (κ3) is 3.13. The molecule has 0 aliphatic heterocycles. The van der Waals surface area contributed by atoms with Crippen molar-refractivity contribution in [2.45, 2.75) is 34.3 Å². The van der Waals surface area contributed by atoms with Crippen LogP contribution in [0.1, 0.15) is 27.9 Å². The molecule has 3 aromatic rings. The van der Waals surface area contributed by atoms with Gasteiger partial charge < -0.3 is 10.5 Å². The molecule has 0 bridgehead atoms. The summed E-state index contributed by atoms with van der Waals surface area (Å²) in [5.74, 6) is 0.863. The fraction of sp³-hybridized carbons (Fsp3) is 0.250. The van der Waals surface area contributed by atoms with Gasteiger partial charge >= 0.3 is 0 Å². The molecule has 0 saturated carbocycles. The highest BCUT2D eigenvalue weighted by molar-refractivity contribution is 5.50. The molecule has 2 N–H and O–H groups in total. The van der Waals surface area contributed by atoms with Gasteiger partial charge in [-0.05, 0) is 68.7 Å². The number of aromatic nitrogens is 2. The molecule has 1 heterocycles. The van der Waals surface area contributed by atoms with Gasteiger partial charge in [0.1, 0.15) is 12.4 Å². The summed E-state index contributed by atoms with van der Waals surface area (Å²) in [6.07, 6.45) is 2.04. The third-order valence-electron chi connectivity index (χ3n) is 4.39. The number of hydrogen-bond acceptors (Lipinski definition) is 3. The molecule has 124 valence electrons. The number of ether oxygens (including phenoxy) is 1. The first kappa shape index (κ1) is 16.1. The van der Waals surface area contributed by atoms with E-state index in [1.807, 2.05) is 62.0 Å². The number of hydrogen-bond donors (Lipinski definition) is 1. The van der Waals surface area contributed by atoms with E-state index in [2.05, 4.69) is 18.1 Å². The smallest absolute Gasteiger partial charge is 0.122 e. The molecule has 0 fully saturated rings. The highest BCUT2D eigenvalue weighted by Gasteiger charge is 2.08. The number of benzene rings is 2. The van der Waals surface area contributed by atoms with Crippen LogP contribution >= 0.6 is 0 Å². The molecule has 0 aliphatic carbocycles. The predicted molar refractivity (Wildman–Crippen MR) is 97.7 cm³/mol. The van der Waals surface area contributed by atoms with Crippen LogP contribution in [-0.4, -0.2) is 9.78 Å². The van der Waals surface area contributed by atoms with Crippen molar-refractivity contribution < 1.29 is 4.74 Å². The maximum Gasteiger partial charge on any atom is 0.122 e. The highest BCUT2D eigenvalue weighted by Crippen LogP contribution is 2.24. The number of anilines is 1. The Bertz CT molecular complexity index is 841. The average Bonchev–Trinajstić information content (AvgIpc) is 2.87. The molecule has 1 aromatic heterocycles. The maximum atomic E-state index is 6.05. The summed E-state index contributed by atoms with van der Waals surface area (Å²) in [4.78, 5) is 0. The Kier molecular flexibility index (Phi) is 4.30. The number of nitrogen functional groups attached to an aromatic ring is 1. The molecule has 2 aromatic carbocycles. The van der Waals surface area contributed by atoms with Crippen molar-refractivity contribution in [1.29, 1.82) is 0 Å². The van der Waals surface area contributed by atoms with Crippen molar-refractivity contribution >= 4 is 5.69 Å². The normalized spacial score (nSPS) is 10.8. The van der Waals surface area contributed by atoms with Crippen molar-refractivity contribution in [3.05, 3.63) is 70.5 Å². The fourth-order valence-electron chi connectivity index (χ4n) is 2.69. The van der Waals surface area contributed by atoms with Gasteiger partial charge in [0.15, 0.2) is 0 Å². The molecule has 0 unspecified atom stereocenters. The molecule has 3 rings (SSSR count). The van der Waals surface area contributed by atoms with Gasteiger partial charge in [0, 0.05) is 17.4 Å². The SMILES string of the molecule is Cc1cc(-n2cc(C)c(C)n2)ccc1OCc1c(C)cccc1N. The molecule has 0 spiro atoms. The quantitative estimate of drug-likeness (QED) is 0.730. The van der Waals surface area contributed by atoms with Crippen LogP contribution in [-0.2, 0) is 6.61 Å². The summed E-state index contributed by atoms with van der Waals surface area (Å²) in [7, 11) is 0. The highest BCUT2D eigenvalue weighted by atomic mass is 16.5. The van der Waals surface area contributed by atoms with Crippen molar-refractivity contribution in [3.63, 3.8) is 0 Å². The summed E-state index contributed by atoms with van der Waals surface area (Å²) < 4.78 is 7.90. The van der Waals surface area contributed by atoms with Gasteiger partial charge in [-0.3, -0.25) is 0 Å². The Morgan fingerprint density at radius 1 is 1.00 bits per heavy atom. The molecule has 4 nitrogen and oxygen atoms in total. The Morgan fingerprint density at radius 2 is 1.79 bits per heavy atom. The van der Waals surface area contributed by atoms with Crippen LogP contribution in [0.2, 0.25) is 0 Å². The monoisotopic (exact) mass is 321 g/mol. The first-order valence-electron chi connectivity index (χ1n) is 8.06. The van der Waals surface area contributed by atoms with Crippen molar-refractivity contribution in [2.24, 2.45) is 0 Å². The zero-order chi connectivity index (χ0) is 17.3. The van der Waals surface area contributed by atoms with Crippen LogP contribution in [0.25, 0.3) is 5.69 Å². The number of nitrogens with zero attached hydrogens (tertiary/aromatic N) is 2. The second-order valence-corrected chi connectivity index (χ2v) is 6.22. The van der Waals surface area contributed by atoms with Gasteiger partial charge in [0.05, 0.1) is 11.4 Å². The first-order chi connectivity index (χ1) is 11.5. The fourth-order valence-corrected chi connectivity index (χ4v) is 2.69. The summed E-state index contributed by atoms with van der Waals surface area (Å²) in [6.45, 7) is 8.65. The van der Waals surface area contributed by atoms with E-state index in [-0.39, 0.29) is 0 Å². The minimum Gasteiger partial charge on any atom is -0.489 e. The number of rotatable bonds is 4. The van der Waals surface area contributed by atoms with Gasteiger partial charge in [0.25, 0.3) is 0 Å². The minimum absolute atomic E-state index is 0.471. The van der Waals surface area contributed by atoms with Gasteiger partial charge in [0.2, 0.25) is 0 Å². The molecule has 0 atom stereocenters. The van der Waals surface area contributed by atoms with E-state index >= 15 is 0 Å². The van der Waals surface area contributed by atoms with Crippen LogP contribution in [0.15, 0.2) is 42.6 Å². The minimum atomic E-state index is 0.471. The van der Waals surface area contributed by atoms with E-state index in [1.54, 1.807) is 0 Å². The Morgan fingerprint density at radius 3 is 2.42 bits per heavy atom. The van der Waals surface area contributed by atoms with E-state index in [0.29, 0.717) is 6.61 Å². The van der Waals surface area contributed by atoms with Crippen LogP contribution in [0.4, 0.5) is 5.69 Å². The van der Waals surface area contributed by atoms with Gasteiger partial charge in [-0.1, -0.05) is 12.1 Å². The average molecular weight is 321 g/mol. The summed E-state index contributed by atoms with van der Waals surface area (Å²) >= 11 is 0. The van der Waals surface area contributed by atoms with Crippen LogP contribution in [0.3, 0.4) is 0 Å². The Hall–Kier alpha value is -2.75. The molecule has 0 radical (unpaired) electrons. The van der Waals surface area contributed by atoms with Crippen LogP contribution in [0.5, 0.6) is 5.75 Å². The van der Waals surface area contributed by atoms with Gasteiger partial charge in [-0.25, -0.2) is 4.68 Å². The molecular formula is C20H23N3O. The summed E-state index contributed by atoms with van der Waals surface area (Å²) in [6, 6.07) is 12.0. The molecular weight excluding hydrogens is 298 g/mol. The number of aryl methyl sites for hydroxylation is 4. The second-order valence-electron chi connectivity index (χ2n) is 6.22. The first-order valence-corrected chi connectivity index (χ1v) is 8.06. The van der Waals surface area contributed by atoms with E-state index in [1.165, 1.54) is 5.56 Å². The zero-order valence-corrected chi connectivity index (χ0v) is 14.6. The van der Waals surface area contributed by atoms with Crippen LogP contribution < -0.4 is 10.5 Å². The molecule has 0 amide bonds. The molecule has 24 heavy (non-hydrogen) atoms. The second kappa shape index (κ2) is 6.40. The zero-order valence-electron chi connectivity index (χ0n) is 14.6. The predicted octanol–water partition coefficient (Wildman–Crippen LogP) is 4.27. The van der Waals surface area contributed by atoms with E-state index in [9.17, 15) is 0 Å². The van der Waals surface area contributed by atoms with E-state index in [4.69, 9.17) is 10.5 Å². The lowest BCUT2D eigenvalue weighted by atomic mass is 10.1. The Labute approximate surface area is 142 Å². The Balaban J connectivity index is 1.80. The third-order valence-corrected chi connectivity index (χ3v) is 4.39. The van der Waals surface area contributed by atoms with Crippen molar-refractivity contribution in [1.82, 2.24) is 9.78 Å². The lowest BCUT2D eigenvalue weighted by Gasteiger charge is -2.13. The molecule has 0 aliphatic rings. The largest absolute Gasteiger partial charge is 0.489 e. The van der Waals surface area contributed by atoms with E-state index in [0.717, 1.165) is 39.5 Å². The molecule has 0 saturated heterocycles. The number of nitrogens with two attached hydrogens (primary N) is 1. The summed E-state index contributed by atoms with van der Waals surface area (Å²) in [5, 5.41) is 4.53. The lowest BCUT2D eigenvalue weighted by molar-refractivity contribution is 0.304. The summed E-state index contributed by atoms with van der Waals surface area (Å²) in [5.41, 5.74) is 13.3. The topological polar surface area (TPSA) is 53.1 Å². The van der Waals surface area contributed by atoms with Gasteiger partial charge in [-0.2, -0.15) is 5.10 Å². The lowest BCUT2D eigenvalue weighted by Crippen LogP contribution is -2.04. The molecule has 4 heteroatoms. The standard InChI is InChI=1S/C20H23N3O/c1-13-6-5-7-19(21)18(13)12-24-20-9-8-17(10-14(20)2)23-11-15(3)16(4)22-23/h5-11H,12,21H2,1-4H3. The maximum absolute atomic E-state index is 6.05.